The number of aryl methyl sites for hydroxylation is 1. The van der Waals surface area contributed by atoms with Crippen LogP contribution < -0.4 is 10.5 Å². The van der Waals surface area contributed by atoms with Crippen molar-refractivity contribution in [3.05, 3.63) is 23.8 Å². The van der Waals surface area contributed by atoms with E-state index in [2.05, 4.69) is 19.5 Å². The minimum absolute atomic E-state index is 0.0123. The van der Waals surface area contributed by atoms with E-state index in [0.29, 0.717) is 0 Å². The lowest BCUT2D eigenvalue weighted by molar-refractivity contribution is 0.601. The third-order valence-corrected chi connectivity index (χ3v) is 4.03. The van der Waals surface area contributed by atoms with Gasteiger partial charge in [-0.3, -0.25) is 4.72 Å². The lowest BCUT2D eigenvalue weighted by atomic mass is 10.2. The Hall–Kier alpha value is -1.74. The van der Waals surface area contributed by atoms with Crippen molar-refractivity contribution in [2.75, 3.05) is 10.5 Å². The second-order valence-electron chi connectivity index (χ2n) is 3.31. The predicted molar refractivity (Wildman–Crippen MR) is 64.1 cm³/mol. The number of hydrogen-bond donors (Lipinski definition) is 2. The van der Waals surface area contributed by atoms with E-state index in [0.717, 1.165) is 17.1 Å². The molecule has 1 aromatic heterocycles. The molecular weight excluding hydrogens is 262 g/mol. The van der Waals surface area contributed by atoms with E-state index in [4.69, 9.17) is 5.73 Å². The number of nitrogens with two attached hydrogens (primary N) is 1. The summed E-state index contributed by atoms with van der Waals surface area (Å²) in [5, 5.41) is 6.90. The Morgan fingerprint density at radius 3 is 2.76 bits per heavy atom. The Morgan fingerprint density at radius 1 is 1.41 bits per heavy atom. The molecule has 1 heterocycles. The summed E-state index contributed by atoms with van der Waals surface area (Å²) in [6.07, 6.45) is 0. The molecule has 1 aromatic carbocycles. The van der Waals surface area contributed by atoms with Gasteiger partial charge >= 0.3 is 0 Å². The number of rotatable bonds is 3. The number of anilines is 2. The number of aromatic nitrogens is 3. The van der Waals surface area contributed by atoms with E-state index in [1.54, 1.807) is 12.1 Å². The second kappa shape index (κ2) is 4.26. The SMILES string of the molecule is Cc1ccc(S(=O)(=O)Nc2nnns2)c(N)c1. The molecular formula is C8H9N5O2S2. The number of nitrogens with zero attached hydrogens (tertiary/aromatic N) is 3. The van der Waals surface area contributed by atoms with Crippen molar-refractivity contribution < 1.29 is 8.42 Å². The molecule has 9 heteroatoms. The minimum Gasteiger partial charge on any atom is -0.398 e. The second-order valence-corrected chi connectivity index (χ2v) is 5.70. The first-order valence-electron chi connectivity index (χ1n) is 4.53. The zero-order chi connectivity index (χ0) is 12.5. The predicted octanol–water partition coefficient (Wildman–Crippen LogP) is 0.625. The molecule has 2 rings (SSSR count). The highest BCUT2D eigenvalue weighted by molar-refractivity contribution is 7.93. The van der Waals surface area contributed by atoms with Crippen molar-refractivity contribution >= 4 is 32.4 Å². The topological polar surface area (TPSA) is 111 Å². The molecule has 0 amide bonds. The molecule has 0 aliphatic heterocycles. The summed E-state index contributed by atoms with van der Waals surface area (Å²) in [5.74, 6) is 0. The fraction of sp³-hybridized carbons (Fsp3) is 0.125. The summed E-state index contributed by atoms with van der Waals surface area (Å²) in [6, 6.07) is 4.71. The van der Waals surface area contributed by atoms with Crippen LogP contribution in [0.25, 0.3) is 0 Å². The summed E-state index contributed by atoms with van der Waals surface area (Å²) >= 11 is 0.850. The van der Waals surface area contributed by atoms with Crippen molar-refractivity contribution in [3.63, 3.8) is 0 Å². The van der Waals surface area contributed by atoms with Crippen LogP contribution in [0.3, 0.4) is 0 Å². The molecule has 0 aliphatic rings. The largest absolute Gasteiger partial charge is 0.398 e. The van der Waals surface area contributed by atoms with Gasteiger partial charge in [-0.1, -0.05) is 15.7 Å². The van der Waals surface area contributed by atoms with E-state index >= 15 is 0 Å². The van der Waals surface area contributed by atoms with Gasteiger partial charge in [0, 0.05) is 11.5 Å². The quantitative estimate of drug-likeness (QED) is 0.792. The fourth-order valence-corrected chi connectivity index (χ4v) is 2.95. The van der Waals surface area contributed by atoms with Gasteiger partial charge in [-0.25, -0.2) is 8.42 Å². The Morgan fingerprint density at radius 2 is 2.18 bits per heavy atom. The lowest BCUT2D eigenvalue weighted by Crippen LogP contribution is -2.14. The molecule has 0 bridgehead atoms. The van der Waals surface area contributed by atoms with Crippen LogP contribution in [-0.4, -0.2) is 23.2 Å². The first-order valence-corrected chi connectivity index (χ1v) is 6.79. The molecule has 0 unspecified atom stereocenters. The number of nitrogens with one attached hydrogen (secondary N) is 1. The highest BCUT2D eigenvalue weighted by Crippen LogP contribution is 2.22. The van der Waals surface area contributed by atoms with Crippen LogP contribution in [0.15, 0.2) is 23.1 Å². The van der Waals surface area contributed by atoms with E-state index < -0.39 is 10.0 Å². The molecule has 0 fully saturated rings. The number of benzene rings is 1. The van der Waals surface area contributed by atoms with Crippen LogP contribution >= 0.6 is 11.5 Å². The first kappa shape index (κ1) is 11.7. The van der Waals surface area contributed by atoms with Gasteiger partial charge in [0.25, 0.3) is 10.0 Å². The van der Waals surface area contributed by atoms with Gasteiger partial charge in [-0.2, -0.15) is 0 Å². The van der Waals surface area contributed by atoms with Crippen molar-refractivity contribution in [3.8, 4) is 0 Å². The molecule has 0 aliphatic carbocycles. The number of hydrogen-bond acceptors (Lipinski definition) is 7. The van der Waals surface area contributed by atoms with Crippen LogP contribution in [0.1, 0.15) is 5.56 Å². The van der Waals surface area contributed by atoms with Gasteiger partial charge < -0.3 is 5.73 Å². The Balaban J connectivity index is 2.38. The molecule has 2 aromatic rings. The standard InChI is InChI=1S/C8H9N5O2S2/c1-5-2-3-7(6(9)4-5)17(14,15)11-8-10-12-13-16-8/h2-4H,9H2,1H3,(H,10,11,13). The molecule has 0 radical (unpaired) electrons. The monoisotopic (exact) mass is 271 g/mol. The van der Waals surface area contributed by atoms with Crippen molar-refractivity contribution in [1.82, 2.24) is 14.8 Å². The molecule has 0 atom stereocenters. The van der Waals surface area contributed by atoms with E-state index in [-0.39, 0.29) is 15.7 Å². The number of nitrogen functional groups attached to an aromatic ring is 1. The van der Waals surface area contributed by atoms with Gasteiger partial charge in [0.15, 0.2) is 0 Å². The maximum Gasteiger partial charge on any atom is 0.265 e. The average Bonchev–Trinajstić information content (AvgIpc) is 2.68. The van der Waals surface area contributed by atoms with Crippen LogP contribution in [0.5, 0.6) is 0 Å². The maximum atomic E-state index is 12.0. The van der Waals surface area contributed by atoms with Gasteiger partial charge in [-0.05, 0) is 29.8 Å². The fourth-order valence-electron chi connectivity index (χ4n) is 1.26. The Bertz CT molecular complexity index is 623. The van der Waals surface area contributed by atoms with E-state index in [1.807, 2.05) is 6.92 Å². The highest BCUT2D eigenvalue weighted by Gasteiger charge is 2.19. The van der Waals surface area contributed by atoms with E-state index in [1.165, 1.54) is 6.07 Å². The smallest absolute Gasteiger partial charge is 0.265 e. The zero-order valence-electron chi connectivity index (χ0n) is 8.78. The molecule has 0 saturated carbocycles. The van der Waals surface area contributed by atoms with Gasteiger partial charge in [0.05, 0.1) is 5.69 Å². The van der Waals surface area contributed by atoms with Crippen LogP contribution in [0.2, 0.25) is 0 Å². The number of sulfonamides is 1. The van der Waals surface area contributed by atoms with Gasteiger partial charge in [-0.15, -0.1) is 0 Å². The minimum atomic E-state index is -3.74. The third-order valence-electron chi connectivity index (χ3n) is 1.98. The lowest BCUT2D eigenvalue weighted by Gasteiger charge is -2.07. The summed E-state index contributed by atoms with van der Waals surface area (Å²) in [4.78, 5) is 0.0123. The molecule has 7 nitrogen and oxygen atoms in total. The molecule has 17 heavy (non-hydrogen) atoms. The molecule has 0 spiro atoms. The summed E-state index contributed by atoms with van der Waals surface area (Å²) in [5.41, 5.74) is 6.75. The van der Waals surface area contributed by atoms with Crippen LogP contribution in [0.4, 0.5) is 10.8 Å². The summed E-state index contributed by atoms with van der Waals surface area (Å²) in [6.45, 7) is 1.83. The van der Waals surface area contributed by atoms with Crippen LogP contribution in [-0.2, 0) is 10.0 Å². The maximum absolute atomic E-state index is 12.0. The third kappa shape index (κ3) is 2.50. The Labute approximate surface area is 102 Å². The normalized spacial score (nSPS) is 11.4. The van der Waals surface area contributed by atoms with Crippen LogP contribution in [0, 0.1) is 6.92 Å². The summed E-state index contributed by atoms with van der Waals surface area (Å²) < 4.78 is 29.6. The van der Waals surface area contributed by atoms with Crippen molar-refractivity contribution in [2.45, 2.75) is 11.8 Å². The van der Waals surface area contributed by atoms with E-state index in [9.17, 15) is 8.42 Å². The molecule has 3 N–H and O–H groups in total. The zero-order valence-corrected chi connectivity index (χ0v) is 10.4. The van der Waals surface area contributed by atoms with Gasteiger partial charge in [0.2, 0.25) is 5.13 Å². The van der Waals surface area contributed by atoms with Crippen molar-refractivity contribution in [1.29, 1.82) is 0 Å². The first-order chi connectivity index (χ1) is 7.99. The molecule has 90 valence electrons. The Kier molecular flexibility index (Phi) is 2.94. The summed E-state index contributed by atoms with van der Waals surface area (Å²) in [7, 11) is -3.74. The van der Waals surface area contributed by atoms with Crippen molar-refractivity contribution in [2.24, 2.45) is 0 Å². The molecule has 0 saturated heterocycles. The average molecular weight is 271 g/mol. The van der Waals surface area contributed by atoms with Gasteiger partial charge in [0.1, 0.15) is 4.90 Å². The highest BCUT2D eigenvalue weighted by atomic mass is 32.2.